The summed E-state index contributed by atoms with van der Waals surface area (Å²) in [5.74, 6) is 1.05. The number of hydrazone groups is 1. The van der Waals surface area contributed by atoms with Gasteiger partial charge in [0.1, 0.15) is 11.3 Å². The van der Waals surface area contributed by atoms with Gasteiger partial charge in [-0.15, -0.1) is 0 Å². The molecule has 1 N–H and O–H groups in total. The summed E-state index contributed by atoms with van der Waals surface area (Å²) < 4.78 is 11.2. The Morgan fingerprint density at radius 1 is 1.19 bits per heavy atom. The maximum atomic E-state index is 12.1. The number of oxazole rings is 1. The summed E-state index contributed by atoms with van der Waals surface area (Å²) in [5, 5.41) is 5.21. The molecule has 4 rings (SSSR count). The number of thioether (sulfide) groups is 1. The van der Waals surface area contributed by atoms with E-state index in [1.807, 2.05) is 42.5 Å². The lowest BCUT2D eigenvalue weighted by Gasteiger charge is -2.08. The highest BCUT2D eigenvalue weighted by molar-refractivity contribution is 7.98. The van der Waals surface area contributed by atoms with Crippen molar-refractivity contribution in [2.24, 2.45) is 5.10 Å². The molecule has 0 bridgehead atoms. The van der Waals surface area contributed by atoms with Crippen LogP contribution in [0.1, 0.15) is 21.5 Å². The van der Waals surface area contributed by atoms with E-state index in [4.69, 9.17) is 20.8 Å². The first-order valence-electron chi connectivity index (χ1n) is 9.36. The minimum Gasteiger partial charge on any atom is -0.496 e. The number of nitrogens with one attached hydrogen (secondary N) is 1. The van der Waals surface area contributed by atoms with E-state index in [9.17, 15) is 4.79 Å². The van der Waals surface area contributed by atoms with Crippen LogP contribution in [0, 0.1) is 0 Å². The highest BCUT2D eigenvalue weighted by Crippen LogP contribution is 2.30. The molecule has 0 radical (unpaired) electrons. The zero-order valence-corrected chi connectivity index (χ0v) is 18.1. The number of carbonyl (C=O) groups is 1. The summed E-state index contributed by atoms with van der Waals surface area (Å²) in [5.41, 5.74) is 6.36. The number of halogens is 1. The molecular weight excluding hydrogens is 434 g/mol. The number of benzene rings is 3. The molecule has 1 aromatic heterocycles. The molecule has 156 valence electrons. The van der Waals surface area contributed by atoms with Crippen molar-refractivity contribution in [1.82, 2.24) is 10.4 Å². The quantitative estimate of drug-likeness (QED) is 0.226. The van der Waals surface area contributed by atoms with Gasteiger partial charge in [0.2, 0.25) is 0 Å². The molecule has 0 spiro atoms. The largest absolute Gasteiger partial charge is 0.496 e. The molecule has 0 aliphatic rings. The normalized spacial score (nSPS) is 11.2. The van der Waals surface area contributed by atoms with Crippen molar-refractivity contribution in [2.45, 2.75) is 11.0 Å². The molecule has 0 fully saturated rings. The summed E-state index contributed by atoms with van der Waals surface area (Å²) >= 11 is 7.32. The Balaban J connectivity index is 1.43. The smallest absolute Gasteiger partial charge is 0.271 e. The lowest BCUT2D eigenvalue weighted by molar-refractivity contribution is 0.0955. The molecule has 0 saturated carbocycles. The highest BCUT2D eigenvalue weighted by Gasteiger charge is 2.10. The van der Waals surface area contributed by atoms with Crippen molar-refractivity contribution in [3.8, 4) is 5.75 Å². The molecule has 6 nitrogen and oxygen atoms in total. The zero-order chi connectivity index (χ0) is 21.6. The Morgan fingerprint density at radius 3 is 2.77 bits per heavy atom. The first-order chi connectivity index (χ1) is 15.1. The van der Waals surface area contributed by atoms with Crippen LogP contribution in [0.15, 0.2) is 81.5 Å². The van der Waals surface area contributed by atoms with Gasteiger partial charge in [-0.3, -0.25) is 4.79 Å². The van der Waals surface area contributed by atoms with Gasteiger partial charge in [-0.1, -0.05) is 35.5 Å². The minimum atomic E-state index is -0.312. The molecule has 0 saturated heterocycles. The fourth-order valence-corrected chi connectivity index (χ4v) is 3.82. The first kappa shape index (κ1) is 21.0. The van der Waals surface area contributed by atoms with Crippen molar-refractivity contribution < 1.29 is 13.9 Å². The van der Waals surface area contributed by atoms with Crippen molar-refractivity contribution in [3.63, 3.8) is 0 Å². The number of aromatic nitrogens is 1. The summed E-state index contributed by atoms with van der Waals surface area (Å²) in [7, 11) is 1.63. The molecule has 31 heavy (non-hydrogen) atoms. The van der Waals surface area contributed by atoms with Crippen LogP contribution in [-0.4, -0.2) is 24.2 Å². The van der Waals surface area contributed by atoms with Gasteiger partial charge >= 0.3 is 0 Å². The van der Waals surface area contributed by atoms with Crippen molar-refractivity contribution in [1.29, 1.82) is 0 Å². The van der Waals surface area contributed by atoms with Crippen LogP contribution >= 0.6 is 23.4 Å². The van der Waals surface area contributed by atoms with Crippen LogP contribution in [0.3, 0.4) is 0 Å². The number of methoxy groups -OCH3 is 1. The zero-order valence-electron chi connectivity index (χ0n) is 16.5. The van der Waals surface area contributed by atoms with Gasteiger partial charge in [0.05, 0.1) is 13.3 Å². The van der Waals surface area contributed by atoms with Gasteiger partial charge in [0.15, 0.2) is 5.58 Å². The monoisotopic (exact) mass is 451 g/mol. The van der Waals surface area contributed by atoms with E-state index in [0.717, 1.165) is 28.0 Å². The number of ether oxygens (including phenoxy) is 1. The predicted molar refractivity (Wildman–Crippen MR) is 123 cm³/mol. The number of para-hydroxylation sites is 2. The van der Waals surface area contributed by atoms with E-state index in [1.165, 1.54) is 11.8 Å². The third kappa shape index (κ3) is 5.25. The van der Waals surface area contributed by atoms with E-state index in [-0.39, 0.29) is 5.91 Å². The average molecular weight is 452 g/mol. The van der Waals surface area contributed by atoms with Gasteiger partial charge in [0, 0.05) is 21.9 Å². The Kier molecular flexibility index (Phi) is 6.54. The van der Waals surface area contributed by atoms with E-state index in [2.05, 4.69) is 15.5 Å². The van der Waals surface area contributed by atoms with Gasteiger partial charge in [-0.25, -0.2) is 10.4 Å². The predicted octanol–water partition coefficient (Wildman–Crippen LogP) is 5.55. The number of carbonyl (C=O) groups excluding carboxylic acids is 1. The van der Waals surface area contributed by atoms with Crippen molar-refractivity contribution in [2.75, 3.05) is 7.11 Å². The van der Waals surface area contributed by atoms with Gasteiger partial charge in [-0.2, -0.15) is 5.10 Å². The number of nitrogens with zero attached hydrogens (tertiary/aromatic N) is 2. The van der Waals surface area contributed by atoms with Gasteiger partial charge in [0.25, 0.3) is 11.1 Å². The third-order valence-corrected chi connectivity index (χ3v) is 5.54. The molecule has 0 aliphatic heterocycles. The fourth-order valence-electron chi connectivity index (χ4n) is 2.88. The van der Waals surface area contributed by atoms with Crippen LogP contribution in [0.25, 0.3) is 11.1 Å². The Hall–Kier alpha value is -3.29. The van der Waals surface area contributed by atoms with Crippen LogP contribution in [0.5, 0.6) is 5.75 Å². The summed E-state index contributed by atoms with van der Waals surface area (Å²) in [6, 6.07) is 19.9. The van der Waals surface area contributed by atoms with E-state index in [1.54, 1.807) is 37.6 Å². The molecular formula is C23H18ClN3O3S. The Bertz CT molecular complexity index is 1210. The van der Waals surface area contributed by atoms with Crippen LogP contribution in [0.4, 0.5) is 0 Å². The highest BCUT2D eigenvalue weighted by atomic mass is 35.5. The lowest BCUT2D eigenvalue weighted by Crippen LogP contribution is -2.17. The summed E-state index contributed by atoms with van der Waals surface area (Å²) in [6.45, 7) is 0. The molecule has 8 heteroatoms. The second-order valence-electron chi connectivity index (χ2n) is 6.51. The number of amides is 1. The molecule has 1 amide bonds. The number of fused-ring (bicyclic) bond motifs is 1. The average Bonchev–Trinajstić information content (AvgIpc) is 3.21. The lowest BCUT2D eigenvalue weighted by atomic mass is 10.1. The SMILES string of the molecule is COc1ccc(C=NNC(=O)c2ccc(Cl)cc2)cc1CSc1nc2ccccc2o1. The first-order valence-corrected chi connectivity index (χ1v) is 10.7. The number of hydrogen-bond donors (Lipinski definition) is 1. The molecule has 0 unspecified atom stereocenters. The van der Waals surface area contributed by atoms with Crippen molar-refractivity contribution in [3.05, 3.63) is 88.4 Å². The van der Waals surface area contributed by atoms with Crippen LogP contribution in [0.2, 0.25) is 5.02 Å². The maximum Gasteiger partial charge on any atom is 0.271 e. The molecule has 4 aromatic rings. The van der Waals surface area contributed by atoms with Gasteiger partial charge in [-0.05, 0) is 60.2 Å². The molecule has 0 atom stereocenters. The van der Waals surface area contributed by atoms with Crippen LogP contribution < -0.4 is 10.2 Å². The summed E-state index contributed by atoms with van der Waals surface area (Å²) in [6.07, 6.45) is 1.58. The molecule has 3 aromatic carbocycles. The van der Waals surface area contributed by atoms with E-state index in [0.29, 0.717) is 21.6 Å². The standard InChI is InChI=1S/C23H18ClN3O3S/c1-29-20-11-6-15(13-25-27-22(28)16-7-9-18(24)10-8-16)12-17(20)14-31-23-26-19-4-2-3-5-21(19)30-23/h2-13H,14H2,1H3,(H,27,28). The second-order valence-corrected chi connectivity index (χ2v) is 7.88. The van der Waals surface area contributed by atoms with E-state index >= 15 is 0 Å². The van der Waals surface area contributed by atoms with Gasteiger partial charge < -0.3 is 9.15 Å². The van der Waals surface area contributed by atoms with E-state index < -0.39 is 0 Å². The Morgan fingerprint density at radius 2 is 2.00 bits per heavy atom. The van der Waals surface area contributed by atoms with Crippen molar-refractivity contribution >= 4 is 46.6 Å². The minimum absolute atomic E-state index is 0.312. The number of rotatable bonds is 7. The molecule has 0 aliphatic carbocycles. The number of hydrogen-bond acceptors (Lipinski definition) is 6. The summed E-state index contributed by atoms with van der Waals surface area (Å²) in [4.78, 5) is 16.6. The fraction of sp³-hybridized carbons (Fsp3) is 0.0870. The second kappa shape index (κ2) is 9.68. The molecule has 1 heterocycles. The topological polar surface area (TPSA) is 76.7 Å². The van der Waals surface area contributed by atoms with Crippen LogP contribution in [-0.2, 0) is 5.75 Å². The third-order valence-electron chi connectivity index (χ3n) is 4.42. The maximum absolute atomic E-state index is 12.1. The Labute approximate surface area is 188 Å².